The molecule has 4 rings (SSSR count). The van der Waals surface area contributed by atoms with Gasteiger partial charge in [0.05, 0.1) is 7.11 Å². The van der Waals surface area contributed by atoms with Crippen LogP contribution in [0.1, 0.15) is 5.56 Å². The van der Waals surface area contributed by atoms with Crippen molar-refractivity contribution in [3.63, 3.8) is 0 Å². The zero-order valence-corrected chi connectivity index (χ0v) is 15.0. The van der Waals surface area contributed by atoms with Crippen LogP contribution in [0.4, 0.5) is 4.39 Å². The van der Waals surface area contributed by atoms with Crippen molar-refractivity contribution in [2.24, 2.45) is 0 Å². The van der Waals surface area contributed by atoms with Crippen molar-refractivity contribution in [1.82, 2.24) is 0 Å². The van der Waals surface area contributed by atoms with Crippen LogP contribution in [0.2, 0.25) is 0 Å². The molecule has 27 heavy (non-hydrogen) atoms. The molecule has 0 amide bonds. The first-order valence-electron chi connectivity index (χ1n) is 8.54. The molecule has 0 aliphatic heterocycles. The van der Waals surface area contributed by atoms with E-state index in [1.54, 1.807) is 19.2 Å². The number of ether oxygens (including phenoxy) is 1. The molecule has 1 aromatic heterocycles. The molecule has 1 heterocycles. The fourth-order valence-electron chi connectivity index (χ4n) is 3.24. The predicted molar refractivity (Wildman–Crippen MR) is 105 cm³/mol. The normalized spacial score (nSPS) is 10.9. The maximum Gasteiger partial charge on any atom is 0.336 e. The Labute approximate surface area is 155 Å². The Morgan fingerprint density at radius 1 is 0.852 bits per heavy atom. The summed E-state index contributed by atoms with van der Waals surface area (Å²) in [6, 6.07) is 19.3. The summed E-state index contributed by atoms with van der Waals surface area (Å²) in [6.45, 7) is 1.88. The van der Waals surface area contributed by atoms with E-state index in [2.05, 4.69) is 0 Å². The Balaban J connectivity index is 2.02. The smallest absolute Gasteiger partial charge is 0.336 e. The van der Waals surface area contributed by atoms with E-state index in [1.807, 2.05) is 43.3 Å². The highest BCUT2D eigenvalue weighted by atomic mass is 19.1. The maximum absolute atomic E-state index is 13.4. The van der Waals surface area contributed by atoms with E-state index < -0.39 is 0 Å². The van der Waals surface area contributed by atoms with Gasteiger partial charge in [0.2, 0.25) is 0 Å². The summed E-state index contributed by atoms with van der Waals surface area (Å²) in [5, 5.41) is 0.853. The van der Waals surface area contributed by atoms with Crippen LogP contribution in [0.5, 0.6) is 5.75 Å². The summed E-state index contributed by atoms with van der Waals surface area (Å²) < 4.78 is 24.1. The Hall–Kier alpha value is -3.40. The van der Waals surface area contributed by atoms with E-state index in [9.17, 15) is 9.18 Å². The summed E-state index contributed by atoms with van der Waals surface area (Å²) in [6.07, 6.45) is 0. The lowest BCUT2D eigenvalue weighted by Crippen LogP contribution is -1.98. The highest BCUT2D eigenvalue weighted by molar-refractivity contribution is 5.95. The van der Waals surface area contributed by atoms with Gasteiger partial charge in [0, 0.05) is 11.5 Å². The molecule has 4 heteroatoms. The van der Waals surface area contributed by atoms with Crippen LogP contribution in [-0.2, 0) is 0 Å². The summed E-state index contributed by atoms with van der Waals surface area (Å²) >= 11 is 0. The Bertz CT molecular complexity index is 1170. The minimum absolute atomic E-state index is 0.285. The lowest BCUT2D eigenvalue weighted by molar-refractivity contribution is 0.415. The number of fused-ring (bicyclic) bond motifs is 1. The van der Waals surface area contributed by atoms with Crippen molar-refractivity contribution in [2.75, 3.05) is 7.11 Å². The molecule has 0 N–H and O–H groups in total. The molecule has 3 nitrogen and oxygen atoms in total. The summed E-state index contributed by atoms with van der Waals surface area (Å²) in [5.74, 6) is 0.470. The van der Waals surface area contributed by atoms with E-state index in [0.29, 0.717) is 5.58 Å². The van der Waals surface area contributed by atoms with E-state index in [-0.39, 0.29) is 11.4 Å². The van der Waals surface area contributed by atoms with E-state index >= 15 is 0 Å². The molecule has 0 fully saturated rings. The van der Waals surface area contributed by atoms with Crippen molar-refractivity contribution < 1.29 is 13.5 Å². The lowest BCUT2D eigenvalue weighted by Gasteiger charge is -2.13. The fraction of sp³-hybridized carbons (Fsp3) is 0.0870. The molecule has 3 aromatic carbocycles. The quantitative estimate of drug-likeness (QED) is 0.448. The average molecular weight is 360 g/mol. The molecular formula is C23H17FO3. The number of hydrogen-bond donors (Lipinski definition) is 0. The molecule has 0 aliphatic rings. The number of methoxy groups -OCH3 is 1. The van der Waals surface area contributed by atoms with Gasteiger partial charge in [0.1, 0.15) is 17.1 Å². The molecule has 134 valence electrons. The molecule has 0 saturated heterocycles. The first-order chi connectivity index (χ1) is 13.0. The molecule has 0 radical (unpaired) electrons. The summed E-state index contributed by atoms with van der Waals surface area (Å²) in [4.78, 5) is 11.8. The van der Waals surface area contributed by atoms with Crippen molar-refractivity contribution in [3.05, 3.63) is 88.5 Å². The van der Waals surface area contributed by atoms with Gasteiger partial charge in [-0.25, -0.2) is 9.18 Å². The van der Waals surface area contributed by atoms with Gasteiger partial charge in [-0.3, -0.25) is 0 Å². The Kier molecular flexibility index (Phi) is 4.24. The Morgan fingerprint density at radius 3 is 2.07 bits per heavy atom. The number of rotatable bonds is 3. The van der Waals surface area contributed by atoms with Crippen molar-refractivity contribution in [2.45, 2.75) is 6.92 Å². The van der Waals surface area contributed by atoms with Crippen LogP contribution in [0, 0.1) is 12.7 Å². The van der Waals surface area contributed by atoms with Gasteiger partial charge in [0.15, 0.2) is 0 Å². The minimum Gasteiger partial charge on any atom is -0.497 e. The summed E-state index contributed by atoms with van der Waals surface area (Å²) in [5.41, 5.74) is 4.64. The Morgan fingerprint density at radius 2 is 1.44 bits per heavy atom. The lowest BCUT2D eigenvalue weighted by atomic mass is 9.92. The van der Waals surface area contributed by atoms with E-state index in [1.165, 1.54) is 18.2 Å². The molecule has 0 saturated carbocycles. The minimum atomic E-state index is -0.379. The van der Waals surface area contributed by atoms with E-state index in [4.69, 9.17) is 9.15 Å². The SMILES string of the molecule is COc1ccc(-c2cc3oc(=O)cc(C)c3cc2-c2ccc(F)cc2)cc1. The molecule has 0 bridgehead atoms. The van der Waals surface area contributed by atoms with Gasteiger partial charge in [0.25, 0.3) is 0 Å². The third-order valence-electron chi connectivity index (χ3n) is 4.65. The third-order valence-corrected chi connectivity index (χ3v) is 4.65. The molecule has 0 unspecified atom stereocenters. The fourth-order valence-corrected chi connectivity index (χ4v) is 3.24. The van der Waals surface area contributed by atoms with Crippen LogP contribution < -0.4 is 10.4 Å². The number of benzene rings is 3. The molecule has 0 aliphatic carbocycles. The summed E-state index contributed by atoms with van der Waals surface area (Å²) in [7, 11) is 1.62. The first kappa shape index (κ1) is 17.0. The predicted octanol–water partition coefficient (Wildman–Crippen LogP) is 5.58. The molecule has 4 aromatic rings. The van der Waals surface area contributed by atoms with Crippen LogP contribution in [-0.4, -0.2) is 7.11 Å². The second-order valence-electron chi connectivity index (χ2n) is 6.38. The van der Waals surface area contributed by atoms with Crippen LogP contribution in [0.15, 0.2) is 75.9 Å². The van der Waals surface area contributed by atoms with Crippen molar-refractivity contribution >= 4 is 11.0 Å². The van der Waals surface area contributed by atoms with E-state index in [0.717, 1.165) is 39.0 Å². The number of aryl methyl sites for hydroxylation is 1. The molecular weight excluding hydrogens is 343 g/mol. The topological polar surface area (TPSA) is 39.4 Å². The molecule has 0 spiro atoms. The van der Waals surface area contributed by atoms with Gasteiger partial charge in [-0.1, -0.05) is 24.3 Å². The van der Waals surface area contributed by atoms with Crippen LogP contribution in [0.25, 0.3) is 33.2 Å². The van der Waals surface area contributed by atoms with Gasteiger partial charge in [-0.2, -0.15) is 0 Å². The van der Waals surface area contributed by atoms with Gasteiger partial charge >= 0.3 is 5.63 Å². The highest BCUT2D eigenvalue weighted by Crippen LogP contribution is 2.36. The molecule has 0 atom stereocenters. The van der Waals surface area contributed by atoms with Gasteiger partial charge < -0.3 is 9.15 Å². The van der Waals surface area contributed by atoms with Crippen molar-refractivity contribution in [3.8, 4) is 28.0 Å². The standard InChI is InChI=1S/C23H17FO3/c1-14-11-23(25)27-22-13-21(16-5-9-18(26-2)10-6-16)20(12-19(14)22)15-3-7-17(24)8-4-15/h3-13H,1-2H3. The highest BCUT2D eigenvalue weighted by Gasteiger charge is 2.13. The first-order valence-corrected chi connectivity index (χ1v) is 8.54. The monoisotopic (exact) mass is 360 g/mol. The third kappa shape index (κ3) is 3.22. The van der Waals surface area contributed by atoms with Crippen LogP contribution >= 0.6 is 0 Å². The maximum atomic E-state index is 13.4. The van der Waals surface area contributed by atoms with Crippen molar-refractivity contribution in [1.29, 1.82) is 0 Å². The van der Waals surface area contributed by atoms with Gasteiger partial charge in [-0.05, 0) is 71.1 Å². The number of halogens is 1. The number of hydrogen-bond acceptors (Lipinski definition) is 3. The average Bonchev–Trinajstić information content (AvgIpc) is 2.68. The van der Waals surface area contributed by atoms with Gasteiger partial charge in [-0.15, -0.1) is 0 Å². The second kappa shape index (κ2) is 6.72. The zero-order chi connectivity index (χ0) is 19.0. The van der Waals surface area contributed by atoms with Crippen LogP contribution in [0.3, 0.4) is 0 Å². The second-order valence-corrected chi connectivity index (χ2v) is 6.38. The zero-order valence-electron chi connectivity index (χ0n) is 15.0. The largest absolute Gasteiger partial charge is 0.497 e.